The molecule has 24 heavy (non-hydrogen) atoms. The summed E-state index contributed by atoms with van der Waals surface area (Å²) in [6.07, 6.45) is 0. The fourth-order valence-electron chi connectivity index (χ4n) is 1.54. The van der Waals surface area contributed by atoms with Gasteiger partial charge in [-0.3, -0.25) is 0 Å². The molecule has 114 valence electrons. The third-order valence-electron chi connectivity index (χ3n) is 2.60. The van der Waals surface area contributed by atoms with Crippen LogP contribution in [0.15, 0.2) is 57.6 Å². The molecule has 0 unspecified atom stereocenters. The number of carbonyl (C=O) groups is 1. The van der Waals surface area contributed by atoms with E-state index in [1.807, 2.05) is 0 Å². The second-order valence-electron chi connectivity index (χ2n) is 4.13. The molecule has 2 aromatic rings. The molecule has 0 fully saturated rings. The van der Waals surface area contributed by atoms with Crippen molar-refractivity contribution in [1.29, 1.82) is 0 Å². The van der Waals surface area contributed by atoms with Crippen LogP contribution >= 0.6 is 0 Å². The zero-order chi connectivity index (χ0) is 16.3. The molecule has 0 amide bonds. The monoisotopic (exact) mass is 366 g/mol. The molecule has 2 rings (SSSR count). The molecular weight excluding hydrogens is 358 g/mol. The van der Waals surface area contributed by atoms with E-state index >= 15 is 0 Å². The Labute approximate surface area is 182 Å². The first-order valence-electron chi connectivity index (χ1n) is 5.79. The van der Waals surface area contributed by atoms with Gasteiger partial charge in [0.15, 0.2) is 0 Å². The number of hydrogen-bond donors (Lipinski definition) is 1. The minimum Gasteiger partial charge on any atom is -0.872 e. The molecule has 0 aliphatic heterocycles. The van der Waals surface area contributed by atoms with Crippen molar-refractivity contribution in [2.24, 2.45) is 10.2 Å². The van der Waals surface area contributed by atoms with E-state index in [9.17, 15) is 22.9 Å². The number of nitrogens with zero attached hydrogens (tertiary/aromatic N) is 2. The predicted octanol–water partition coefficient (Wildman–Crippen LogP) is -4.21. The average Bonchev–Trinajstić information content (AvgIpc) is 2.45. The fraction of sp³-hybridized carbons (Fsp3) is 0. The number of benzene rings is 2. The number of azo groups is 1. The molecule has 0 aliphatic carbocycles. The molecule has 0 aliphatic rings. The van der Waals surface area contributed by atoms with Gasteiger partial charge < -0.3 is 14.8 Å². The van der Waals surface area contributed by atoms with Crippen molar-refractivity contribution in [3.63, 3.8) is 0 Å². The van der Waals surface area contributed by atoms with E-state index in [2.05, 4.69) is 10.2 Å². The molecule has 0 bridgehead atoms. The Morgan fingerprint density at radius 2 is 1.46 bits per heavy atom. The van der Waals surface area contributed by atoms with Crippen molar-refractivity contribution >= 4 is 27.5 Å². The summed E-state index contributed by atoms with van der Waals surface area (Å²) >= 11 is 0. The third kappa shape index (κ3) is 6.26. The maximum atomic E-state index is 11.3. The molecular formula is C13H8N2Na2O6S. The first-order valence-corrected chi connectivity index (χ1v) is 7.20. The van der Waals surface area contributed by atoms with Gasteiger partial charge in [-0.05, 0) is 36.4 Å². The normalized spacial score (nSPS) is 10.7. The Kier molecular flexibility index (Phi) is 9.32. The van der Waals surface area contributed by atoms with Gasteiger partial charge in [-0.15, -0.1) is 0 Å². The SMILES string of the molecule is O=C(O)c1cc(N=Nc2ccc(S(=O)(=O)[O-])cc2)ccc1[O-].[Na+].[Na+]. The van der Waals surface area contributed by atoms with Crippen LogP contribution < -0.4 is 64.2 Å². The summed E-state index contributed by atoms with van der Waals surface area (Å²) in [6, 6.07) is 8.15. The summed E-state index contributed by atoms with van der Waals surface area (Å²) in [5.74, 6) is -2.01. The molecule has 1 N–H and O–H groups in total. The second kappa shape index (κ2) is 9.64. The van der Waals surface area contributed by atoms with Gasteiger partial charge in [0.1, 0.15) is 10.1 Å². The van der Waals surface area contributed by atoms with E-state index in [-0.39, 0.29) is 70.5 Å². The van der Waals surface area contributed by atoms with Crippen molar-refractivity contribution in [3.05, 3.63) is 48.0 Å². The van der Waals surface area contributed by atoms with Gasteiger partial charge in [0, 0.05) is 0 Å². The quantitative estimate of drug-likeness (QED) is 0.330. The standard InChI is InChI=1S/C13H10N2O6S.2Na/c16-12-6-3-9(7-11(12)13(17)18)15-14-8-1-4-10(5-2-8)22(19,20)21;;/h1-7,16H,(H,17,18)(H,19,20,21);;/q;2*+1/p-2. The maximum absolute atomic E-state index is 11.3. The van der Waals surface area contributed by atoms with Crippen molar-refractivity contribution < 1.29 is 87.1 Å². The van der Waals surface area contributed by atoms with Gasteiger partial charge in [0.25, 0.3) is 0 Å². The fourth-order valence-corrected chi connectivity index (χ4v) is 2.01. The molecule has 0 spiro atoms. The molecule has 0 heterocycles. The van der Waals surface area contributed by atoms with Crippen LogP contribution in [0.3, 0.4) is 0 Å². The summed E-state index contributed by atoms with van der Waals surface area (Å²) in [5.41, 5.74) is -0.0164. The van der Waals surface area contributed by atoms with E-state index in [0.29, 0.717) is 0 Å². The largest absolute Gasteiger partial charge is 1.00 e. The zero-order valence-electron chi connectivity index (χ0n) is 12.8. The molecule has 0 saturated carbocycles. The van der Waals surface area contributed by atoms with Crippen molar-refractivity contribution in [3.8, 4) is 5.75 Å². The summed E-state index contributed by atoms with van der Waals surface area (Å²) in [5, 5.41) is 27.6. The minimum atomic E-state index is -4.53. The molecule has 0 aromatic heterocycles. The average molecular weight is 366 g/mol. The number of aromatic carboxylic acids is 1. The molecule has 0 radical (unpaired) electrons. The number of hydrogen-bond acceptors (Lipinski definition) is 7. The molecule has 0 saturated heterocycles. The van der Waals surface area contributed by atoms with Crippen LogP contribution in [0, 0.1) is 0 Å². The Morgan fingerprint density at radius 3 is 1.96 bits per heavy atom. The van der Waals surface area contributed by atoms with Gasteiger partial charge in [0.05, 0.1) is 21.8 Å². The van der Waals surface area contributed by atoms with Gasteiger partial charge in [-0.25, -0.2) is 13.2 Å². The number of rotatable bonds is 4. The van der Waals surface area contributed by atoms with Crippen molar-refractivity contribution in [2.45, 2.75) is 4.90 Å². The Hall–Kier alpha value is -0.780. The first kappa shape index (κ1) is 23.2. The smallest absolute Gasteiger partial charge is 0.872 e. The van der Waals surface area contributed by atoms with E-state index in [1.165, 1.54) is 18.2 Å². The maximum Gasteiger partial charge on any atom is 1.00 e. The summed E-state index contributed by atoms with van der Waals surface area (Å²) in [6.45, 7) is 0. The zero-order valence-corrected chi connectivity index (χ0v) is 17.6. The van der Waals surface area contributed by atoms with Crippen molar-refractivity contribution in [2.75, 3.05) is 0 Å². The summed E-state index contributed by atoms with van der Waals surface area (Å²) in [7, 11) is -4.53. The van der Waals surface area contributed by atoms with Crippen LogP contribution in [0.25, 0.3) is 0 Å². The van der Waals surface area contributed by atoms with Crippen LogP contribution in [0.1, 0.15) is 10.4 Å². The molecule has 8 nitrogen and oxygen atoms in total. The number of carboxylic acid groups (broad SMARTS) is 1. The van der Waals surface area contributed by atoms with Crippen LogP contribution in [-0.4, -0.2) is 24.0 Å². The molecule has 2 aromatic carbocycles. The topological polar surface area (TPSA) is 142 Å². The van der Waals surface area contributed by atoms with Gasteiger partial charge in [-0.1, -0.05) is 11.8 Å². The Balaban J connectivity index is 0.00000264. The van der Waals surface area contributed by atoms with Crippen LogP contribution in [0.2, 0.25) is 0 Å². The predicted molar refractivity (Wildman–Crippen MR) is 71.4 cm³/mol. The van der Waals surface area contributed by atoms with E-state index in [1.54, 1.807) is 0 Å². The summed E-state index contributed by atoms with van der Waals surface area (Å²) in [4.78, 5) is 10.4. The minimum absolute atomic E-state index is 0. The van der Waals surface area contributed by atoms with Crippen LogP contribution in [-0.2, 0) is 10.1 Å². The van der Waals surface area contributed by atoms with Crippen LogP contribution in [0.5, 0.6) is 5.75 Å². The Bertz CT molecular complexity index is 853. The van der Waals surface area contributed by atoms with Gasteiger partial charge in [-0.2, -0.15) is 10.2 Å². The second-order valence-corrected chi connectivity index (χ2v) is 5.51. The Morgan fingerprint density at radius 1 is 0.958 bits per heavy atom. The van der Waals surface area contributed by atoms with Crippen molar-refractivity contribution in [1.82, 2.24) is 0 Å². The molecule has 0 atom stereocenters. The summed E-state index contributed by atoms with van der Waals surface area (Å²) < 4.78 is 32.3. The molecule has 11 heteroatoms. The first-order chi connectivity index (χ1) is 10.3. The van der Waals surface area contributed by atoms with Crippen LogP contribution in [0.4, 0.5) is 11.4 Å². The van der Waals surface area contributed by atoms with E-state index in [0.717, 1.165) is 24.3 Å². The van der Waals surface area contributed by atoms with E-state index in [4.69, 9.17) is 5.11 Å². The van der Waals surface area contributed by atoms with E-state index < -0.39 is 32.3 Å². The van der Waals surface area contributed by atoms with Gasteiger partial charge in [0.2, 0.25) is 0 Å². The third-order valence-corrected chi connectivity index (χ3v) is 3.45. The number of carboxylic acids is 1. The van der Waals surface area contributed by atoms with Gasteiger partial charge >= 0.3 is 65.1 Å².